The van der Waals surface area contributed by atoms with Crippen molar-refractivity contribution in [3.63, 3.8) is 0 Å². The summed E-state index contributed by atoms with van der Waals surface area (Å²) in [7, 11) is 0.715. The third-order valence-electron chi connectivity index (χ3n) is 28.1. The Morgan fingerprint density at radius 1 is 0.486 bits per heavy atom. The summed E-state index contributed by atoms with van der Waals surface area (Å²) in [6, 6.07) is 33.3. The molecule has 0 spiro atoms. The smallest absolute Gasteiger partial charge is 0.407 e. The van der Waals surface area contributed by atoms with Crippen molar-refractivity contribution < 1.29 is 160 Å². The number of carboxylic acids is 1. The maximum Gasteiger partial charge on any atom is 0.407 e. The fraction of sp³-hybridized carbons (Fsp3) is 0.500. The number of carbonyl (C=O) groups excluding carboxylic acids is 11. The third-order valence-corrected chi connectivity index (χ3v) is 31.5. The van der Waals surface area contributed by atoms with E-state index in [1.165, 1.54) is 138 Å². The summed E-state index contributed by atoms with van der Waals surface area (Å²) in [5.74, 6) is -8.79. The Morgan fingerprint density at radius 2 is 0.885 bits per heavy atom. The molecule has 15 aliphatic heterocycles. The summed E-state index contributed by atoms with van der Waals surface area (Å²) in [6.07, 6.45) is 10.8. The molecule has 21 rings (SSSR count). The fourth-order valence-electron chi connectivity index (χ4n) is 21.2. The third kappa shape index (κ3) is 25.6. The first-order chi connectivity index (χ1) is 70.8. The first-order valence-corrected chi connectivity index (χ1v) is 51.7. The van der Waals surface area contributed by atoms with E-state index in [-0.39, 0.29) is 228 Å². The Bertz CT molecular complexity index is 6280. The molecule has 6 aromatic carbocycles. The highest BCUT2D eigenvalue weighted by atomic mass is 32.2. The number of amides is 2. The normalized spacial score (nSPS) is 30.4. The van der Waals surface area contributed by atoms with Gasteiger partial charge in [-0.2, -0.15) is 8.73 Å². The van der Waals surface area contributed by atoms with Crippen molar-refractivity contribution in [1.82, 2.24) is 15.5 Å². The van der Waals surface area contributed by atoms with Gasteiger partial charge in [0.15, 0.2) is 0 Å². The number of aldehydes is 1. The van der Waals surface area contributed by atoms with Gasteiger partial charge in [0.25, 0.3) is 11.4 Å². The summed E-state index contributed by atoms with van der Waals surface area (Å²) >= 11 is 0. The maximum absolute atomic E-state index is 13.8. The number of halogens is 3. The van der Waals surface area contributed by atoms with E-state index in [1.54, 1.807) is 31.2 Å². The molecule has 0 radical (unpaired) electrons. The fourth-order valence-corrected chi connectivity index (χ4v) is 24.1. The predicted molar refractivity (Wildman–Crippen MR) is 511 cm³/mol. The summed E-state index contributed by atoms with van der Waals surface area (Å²) < 4.78 is 145. The molecule has 13 fully saturated rings. The van der Waals surface area contributed by atoms with Crippen LogP contribution in [0.2, 0.25) is 0 Å². The number of carboxylic acid groups (broad SMARTS) is 1. The number of nitrogens with one attached hydrogen (secondary N) is 2. The quantitative estimate of drug-likeness (QED) is 0.0116. The Morgan fingerprint density at radius 3 is 1.37 bits per heavy atom. The van der Waals surface area contributed by atoms with Crippen LogP contribution in [0.4, 0.5) is 40.7 Å². The first-order valence-electron chi connectivity index (χ1n) is 47.8. The Hall–Kier alpha value is -13.3. The molecule has 12 bridgehead atoms. The zero-order chi connectivity index (χ0) is 106. The number of esters is 8. The minimum atomic E-state index is -3.11. The second-order valence-corrected chi connectivity index (χ2v) is 41.6. The van der Waals surface area contributed by atoms with Gasteiger partial charge in [-0.15, -0.1) is 0 Å². The molecule has 15 aliphatic rings. The van der Waals surface area contributed by atoms with Gasteiger partial charge in [0, 0.05) is 67.5 Å². The van der Waals surface area contributed by atoms with Crippen molar-refractivity contribution in [3.8, 4) is 0 Å². The van der Waals surface area contributed by atoms with E-state index in [9.17, 15) is 99.4 Å². The lowest BCUT2D eigenvalue weighted by atomic mass is 9.79. The van der Waals surface area contributed by atoms with Crippen molar-refractivity contribution in [2.24, 2.45) is 71.8 Å². The first kappa shape index (κ1) is 110. The van der Waals surface area contributed by atoms with Gasteiger partial charge < -0.3 is 92.7 Å². The molecule has 5 N–H and O–H groups in total. The van der Waals surface area contributed by atoms with Crippen LogP contribution in [-0.4, -0.2) is 264 Å². The molecule has 15 heterocycles. The average molecular weight is 2100 g/mol. The molecule has 0 saturated carbocycles. The van der Waals surface area contributed by atoms with Gasteiger partial charge in [-0.1, -0.05) is 54.6 Å². The molecule has 2 amide bonds. The zero-order valence-electron chi connectivity index (χ0n) is 81.6. The summed E-state index contributed by atoms with van der Waals surface area (Å²) in [6.45, 7) is 2.76. The van der Waals surface area contributed by atoms with Crippen LogP contribution in [0.3, 0.4) is 0 Å². The van der Waals surface area contributed by atoms with Crippen LogP contribution in [0.15, 0.2) is 168 Å². The number of carbonyl (C=O) groups is 12. The number of benzene rings is 6. The number of hydrogen-bond acceptors (Lipinski definition) is 38. The van der Waals surface area contributed by atoms with Gasteiger partial charge in [-0.25, -0.2) is 36.4 Å². The van der Waals surface area contributed by atoms with Crippen LogP contribution < -0.4 is 16.4 Å². The number of hydrogen-bond donors (Lipinski definition) is 4. The summed E-state index contributed by atoms with van der Waals surface area (Å²) in [5, 5.41) is 37.0. The molecule has 13 saturated heterocycles. The molecule has 0 aliphatic carbocycles. The monoisotopic (exact) mass is 2100 g/mol. The van der Waals surface area contributed by atoms with Crippen molar-refractivity contribution in [2.45, 2.75) is 224 Å². The number of alkyl carbamates (subject to hydrolysis) is 1. The average Bonchev–Trinajstić information content (AvgIpc) is 1.58. The molecular weight excluding hydrogens is 1990 g/mol. The summed E-state index contributed by atoms with van der Waals surface area (Å²) in [4.78, 5) is 170. The highest BCUT2D eigenvalue weighted by Crippen LogP contribution is 2.50. The van der Waals surface area contributed by atoms with Gasteiger partial charge >= 0.3 is 59.8 Å². The number of non-ortho nitro benzene ring substituents is 2. The molecule has 26 atom stereocenters. The second-order valence-electron chi connectivity index (χ2n) is 37.1. The minimum absolute atomic E-state index is 0.00616. The molecule has 43 nitrogen and oxygen atoms in total. The van der Waals surface area contributed by atoms with E-state index < -0.39 is 101 Å². The van der Waals surface area contributed by atoms with Crippen LogP contribution in [0.5, 0.6) is 0 Å². The number of aliphatic carboxylic acids is 1. The lowest BCUT2D eigenvalue weighted by Gasteiger charge is -2.36. The molecule has 6 aromatic rings. The topological polar surface area (TPSA) is 577 Å². The number of nitro groups is 2. The van der Waals surface area contributed by atoms with Crippen molar-refractivity contribution in [2.75, 3.05) is 54.7 Å². The lowest BCUT2D eigenvalue weighted by Crippen LogP contribution is -2.52. The number of nitrogens with two attached hydrogens (primary N) is 1. The Labute approximate surface area is 847 Å². The number of methoxy groups -OCH3 is 5. The molecule has 794 valence electrons. The van der Waals surface area contributed by atoms with Gasteiger partial charge in [-0.05, 0) is 161 Å². The highest BCUT2D eigenvalue weighted by Gasteiger charge is 2.63. The number of cyclic esters (lactones) is 2. The van der Waals surface area contributed by atoms with E-state index in [0.29, 0.717) is 42.5 Å². The van der Waals surface area contributed by atoms with E-state index in [4.69, 9.17) is 62.9 Å². The molecular formula is C100H113F3N10O33S2. The number of fused-ring (bicyclic) bond motifs is 17. The molecule has 2 unspecified atom stereocenters. The Balaban J connectivity index is 0.000000139. The lowest BCUT2D eigenvalue weighted by molar-refractivity contribution is -0.385. The molecule has 148 heavy (non-hydrogen) atoms. The van der Waals surface area contributed by atoms with E-state index >= 15 is 0 Å². The van der Waals surface area contributed by atoms with Crippen LogP contribution in [0.25, 0.3) is 0 Å². The van der Waals surface area contributed by atoms with E-state index in [0.717, 1.165) is 75.3 Å². The second kappa shape index (κ2) is 48.8. The maximum atomic E-state index is 13.8. The number of amidine groups is 2. The van der Waals surface area contributed by atoms with Crippen molar-refractivity contribution in [3.05, 3.63) is 199 Å². The SMILES string of the molecule is CCOC(=O)CC1=Nc2ccc([N+](=O)[O-])cc2S(C)(=O)=N1.COC(=O)[C@H]1[C@@H](C(=O)O)[C@@H]2CC[C@H]1O2.COC(=O)[C@H]1[C@@H](N(Cc2ccc(F)cc2)C(=O)CC2=Nc3ccc([N+](=O)[O-])cc3S(C)(=O)=N2)[C@@H]2CC[C@H]1O2.COC(=O)[C@H]1[C@@H](N)[C@@H]2CC[C@H]1O2.COC(=O)[C@H]1[C@@H](NC(=O)OCc2ccccc2)[C@@H]2CC[C@H]1O2.COC(=O)[C@H]1[C@@H](NCc2ccc(F)cc2)[C@@H]2CC[C@H]1O2.O=C1OC(=O)[C@H]2[C@@H]1[C@@H]1CC[C@H]2O1.O=Cc1ccc(F)cc1. The van der Waals surface area contributed by atoms with Gasteiger partial charge in [0.05, 0.1) is 208 Å². The van der Waals surface area contributed by atoms with E-state index in [2.05, 4.69) is 43.6 Å². The minimum Gasteiger partial charge on any atom is -0.481 e. The van der Waals surface area contributed by atoms with Crippen LogP contribution in [0, 0.1) is 85.0 Å². The standard InChI is InChI=1S/C25H25FN4O7S.C16H19NO5.C15H18FNO3.C12H13N3O5S.C9H12O5.C8H13NO3.C8H8O4.C7H5FO/c1-36-25(32)23-18-9-10-19(37-18)24(23)29(13-14-3-5-15(26)6-4-14)22(31)12-21-27-17-8-7-16(30(33)34)11-20(17)38(2,35)28-21;1-20-15(18)13-11-7-8-12(22-11)14(13)17-16(19)21-9-10-5-3-2-4-6-10;1-19-15(18)13-11-6-7-12(20-11)14(13)17-8-9-2-4-10(16)5-3-9;1-3-20-12(16)7-11-13-9-5-4-8(15(17)18)6-10(9)21(2,19)14-11;1-13-9(12)7-5-3-2-4(14-5)6(7)8(10)11;1-11-8(10)6-4-2-3-5(12-4)7(6)9;9-7-5-3-1-2-4(11-3)6(5)8(10)12-7;8-7-3-1-6(5-9)2-4-7/h3-8,11,18-19,23-24H,9-10,12-13H2,1-2H3;2-6,11-14H,7-9H2,1H3,(H,17,19);2-5,11-14,17H,6-8H2,1H3;4-6H,3,7H2,1-2H3;4-7H,2-3H2,1H3,(H,10,11);4-7H,2-3,9H2,1H3;3-6H,1-2H2;1-5H/t18-,19+,23-,24+,38?;2*11-,12+,13-,14+;;2*4-,5+,6-,7+;3-,4+,5-,6+;/m111.01../s1. The number of nitro benzene ring substituents is 2. The number of ether oxygens (including phenoxy) is 14. The van der Waals surface area contributed by atoms with E-state index in [1.807, 2.05) is 30.3 Å². The van der Waals surface area contributed by atoms with Crippen LogP contribution in [0.1, 0.15) is 124 Å². The van der Waals surface area contributed by atoms with Crippen molar-refractivity contribution in [1.29, 1.82) is 0 Å². The largest absolute Gasteiger partial charge is 0.481 e. The number of nitrogens with zero attached hydrogens (tertiary/aromatic N) is 7. The zero-order valence-corrected chi connectivity index (χ0v) is 83.2. The number of aliphatic imine (C=N–C) groups is 2. The van der Waals surface area contributed by atoms with Gasteiger partial charge in [0.2, 0.25) is 5.91 Å². The molecule has 0 aromatic heterocycles. The van der Waals surface area contributed by atoms with Crippen molar-refractivity contribution >= 4 is 126 Å². The highest BCUT2D eigenvalue weighted by molar-refractivity contribution is 7.93. The van der Waals surface area contributed by atoms with Gasteiger partial charge in [0.1, 0.15) is 72.1 Å². The summed E-state index contributed by atoms with van der Waals surface area (Å²) in [5.41, 5.74) is 8.99. The van der Waals surface area contributed by atoms with Gasteiger partial charge in [-0.3, -0.25) is 73.0 Å². The Kier molecular flexibility index (Phi) is 36.4. The molecule has 48 heteroatoms. The number of rotatable bonds is 23. The van der Waals surface area contributed by atoms with Crippen LogP contribution >= 0.6 is 0 Å². The van der Waals surface area contributed by atoms with Crippen LogP contribution in [-0.2, 0) is 153 Å². The predicted octanol–water partition coefficient (Wildman–Crippen LogP) is 9.89.